The van der Waals surface area contributed by atoms with E-state index in [0.29, 0.717) is 11.8 Å². The minimum Gasteiger partial charge on any atom is -0.354 e. The number of nitrogens with one attached hydrogen (secondary N) is 3. The number of hydrogen-bond donors (Lipinski definition) is 3. The Bertz CT molecular complexity index is 952. The van der Waals surface area contributed by atoms with E-state index >= 15 is 0 Å². The highest BCUT2D eigenvalue weighted by Gasteiger charge is 2.20. The first kappa shape index (κ1) is 20.2. The van der Waals surface area contributed by atoms with Gasteiger partial charge in [0.15, 0.2) is 0 Å². The fourth-order valence-electron chi connectivity index (χ4n) is 4.92. The van der Waals surface area contributed by atoms with Crippen molar-refractivity contribution in [2.75, 3.05) is 13.1 Å². The molecule has 154 valence electrons. The fraction of sp³-hybridized carbons (Fsp3) is 0.500. The molecule has 1 fully saturated rings. The predicted molar refractivity (Wildman–Crippen MR) is 125 cm³/mol. The van der Waals surface area contributed by atoms with E-state index in [1.807, 2.05) is 0 Å². The first-order valence-corrected chi connectivity index (χ1v) is 11.4. The maximum Gasteiger partial charge on any atom is 0.0496 e. The Morgan fingerprint density at radius 2 is 1.90 bits per heavy atom. The summed E-state index contributed by atoms with van der Waals surface area (Å²) in [6.45, 7) is 8.95. The number of benzene rings is 1. The monoisotopic (exact) mass is 389 g/mol. The minimum absolute atomic E-state index is 0.448. The molecule has 1 aliphatic carbocycles. The van der Waals surface area contributed by atoms with Crippen LogP contribution in [0.5, 0.6) is 0 Å². The Labute approximate surface area is 175 Å². The molecule has 0 amide bonds. The zero-order valence-electron chi connectivity index (χ0n) is 18.2. The van der Waals surface area contributed by atoms with Crippen LogP contribution in [0.4, 0.5) is 0 Å². The Hall–Kier alpha value is -2.13. The molecule has 0 unspecified atom stereocenters. The molecule has 2 aliphatic rings. The van der Waals surface area contributed by atoms with Crippen molar-refractivity contribution in [3.63, 3.8) is 0 Å². The first-order valence-electron chi connectivity index (χ1n) is 11.4. The molecule has 4 rings (SSSR count). The van der Waals surface area contributed by atoms with Crippen molar-refractivity contribution in [1.29, 1.82) is 5.41 Å². The molecule has 2 aromatic rings. The van der Waals surface area contributed by atoms with Crippen molar-refractivity contribution in [2.24, 2.45) is 0 Å². The molecule has 3 nitrogen and oxygen atoms in total. The molecular formula is C26H35N3. The SMILES string of the molecule is C/C1=C/C(c2[nH]c3ccc(C4CCNCC4)cc3c2C(C)C)=C\CCCCC1=N. The number of aromatic nitrogens is 1. The highest BCUT2D eigenvalue weighted by molar-refractivity contribution is 6.00. The average molecular weight is 390 g/mol. The third-order valence-corrected chi connectivity index (χ3v) is 6.63. The van der Waals surface area contributed by atoms with Gasteiger partial charge in [-0.2, -0.15) is 0 Å². The summed E-state index contributed by atoms with van der Waals surface area (Å²) in [6, 6.07) is 7.07. The number of H-pyrrole nitrogens is 1. The van der Waals surface area contributed by atoms with Crippen LogP contribution in [0.2, 0.25) is 0 Å². The first-order chi connectivity index (χ1) is 14.0. The zero-order chi connectivity index (χ0) is 20.4. The highest BCUT2D eigenvalue weighted by Crippen LogP contribution is 2.37. The van der Waals surface area contributed by atoms with Gasteiger partial charge in [0.05, 0.1) is 0 Å². The third-order valence-electron chi connectivity index (χ3n) is 6.63. The van der Waals surface area contributed by atoms with Crippen molar-refractivity contribution in [3.05, 3.63) is 52.7 Å². The summed E-state index contributed by atoms with van der Waals surface area (Å²) >= 11 is 0. The number of piperidine rings is 1. The molecule has 1 saturated heterocycles. The van der Waals surface area contributed by atoms with E-state index in [2.05, 4.69) is 61.4 Å². The fourth-order valence-corrected chi connectivity index (χ4v) is 4.92. The van der Waals surface area contributed by atoms with Crippen LogP contribution in [-0.2, 0) is 0 Å². The number of allylic oxidation sites excluding steroid dienone is 4. The Morgan fingerprint density at radius 1 is 1.10 bits per heavy atom. The quantitative estimate of drug-likeness (QED) is 0.538. The van der Waals surface area contributed by atoms with E-state index in [1.165, 1.54) is 46.1 Å². The Morgan fingerprint density at radius 3 is 2.66 bits per heavy atom. The molecule has 0 bridgehead atoms. The van der Waals surface area contributed by atoms with E-state index in [0.717, 1.165) is 50.1 Å². The van der Waals surface area contributed by atoms with Gasteiger partial charge in [0, 0.05) is 22.3 Å². The van der Waals surface area contributed by atoms with Gasteiger partial charge in [-0.1, -0.05) is 26.0 Å². The number of hydrogen-bond acceptors (Lipinski definition) is 2. The molecule has 3 heteroatoms. The highest BCUT2D eigenvalue weighted by atomic mass is 14.9. The number of fused-ring (bicyclic) bond motifs is 1. The van der Waals surface area contributed by atoms with Crippen LogP contribution in [-0.4, -0.2) is 23.8 Å². The summed E-state index contributed by atoms with van der Waals surface area (Å²) in [6.07, 6.45) is 11.3. The molecule has 1 aliphatic heterocycles. The molecular weight excluding hydrogens is 354 g/mol. The summed E-state index contributed by atoms with van der Waals surface area (Å²) in [7, 11) is 0. The molecule has 2 heterocycles. The van der Waals surface area contributed by atoms with Gasteiger partial charge in [-0.3, -0.25) is 0 Å². The summed E-state index contributed by atoms with van der Waals surface area (Å²) in [5.74, 6) is 1.12. The van der Waals surface area contributed by atoms with Gasteiger partial charge >= 0.3 is 0 Å². The van der Waals surface area contributed by atoms with E-state index < -0.39 is 0 Å². The van der Waals surface area contributed by atoms with Crippen LogP contribution in [0.15, 0.2) is 35.9 Å². The standard InChI is InChI=1S/C26H35N3/c1-17(2)25-22-16-20(19-11-13-28-14-12-19)9-10-24(22)29-26(25)21-7-5-4-6-8-23(27)18(3)15-21/h7,9-10,15-17,19,27-29H,4-6,8,11-14H2,1-3H3/b18-15-,21-7+,27-23?. The number of aromatic amines is 1. The van der Waals surface area contributed by atoms with E-state index in [-0.39, 0.29) is 0 Å². The maximum atomic E-state index is 8.36. The van der Waals surface area contributed by atoms with Gasteiger partial charge < -0.3 is 15.7 Å². The summed E-state index contributed by atoms with van der Waals surface area (Å²) in [5.41, 5.74) is 8.56. The van der Waals surface area contributed by atoms with E-state index in [1.54, 1.807) is 0 Å². The van der Waals surface area contributed by atoms with Crippen molar-refractivity contribution >= 4 is 22.2 Å². The molecule has 1 aromatic heterocycles. The predicted octanol–water partition coefficient (Wildman–Crippen LogP) is 6.68. The van der Waals surface area contributed by atoms with Gasteiger partial charge in [-0.05, 0) is 111 Å². The van der Waals surface area contributed by atoms with Crippen molar-refractivity contribution in [3.8, 4) is 0 Å². The molecule has 0 spiro atoms. The van der Waals surface area contributed by atoms with Crippen molar-refractivity contribution in [2.45, 2.75) is 71.1 Å². The van der Waals surface area contributed by atoms with Crippen molar-refractivity contribution in [1.82, 2.24) is 10.3 Å². The second kappa shape index (κ2) is 8.71. The van der Waals surface area contributed by atoms with Gasteiger partial charge in [0.2, 0.25) is 0 Å². The molecule has 3 N–H and O–H groups in total. The summed E-state index contributed by atoms with van der Waals surface area (Å²) in [4.78, 5) is 3.75. The van der Waals surface area contributed by atoms with Gasteiger partial charge in [-0.25, -0.2) is 0 Å². The van der Waals surface area contributed by atoms with Crippen LogP contribution in [0.1, 0.15) is 88.0 Å². The van der Waals surface area contributed by atoms with Gasteiger partial charge in [0.1, 0.15) is 0 Å². The van der Waals surface area contributed by atoms with Crippen molar-refractivity contribution < 1.29 is 0 Å². The lowest BCUT2D eigenvalue weighted by Gasteiger charge is -2.23. The van der Waals surface area contributed by atoms with Crippen LogP contribution in [0.3, 0.4) is 0 Å². The second-order valence-corrected chi connectivity index (χ2v) is 9.11. The topological polar surface area (TPSA) is 51.7 Å². The molecule has 0 atom stereocenters. The van der Waals surface area contributed by atoms with Gasteiger partial charge in [0.25, 0.3) is 0 Å². The smallest absolute Gasteiger partial charge is 0.0496 e. The second-order valence-electron chi connectivity index (χ2n) is 9.11. The van der Waals surface area contributed by atoms with E-state index in [9.17, 15) is 0 Å². The van der Waals surface area contributed by atoms with Crippen LogP contribution in [0, 0.1) is 5.41 Å². The lowest BCUT2D eigenvalue weighted by atomic mass is 9.88. The average Bonchev–Trinajstić information content (AvgIpc) is 3.13. The van der Waals surface area contributed by atoms with Crippen LogP contribution >= 0.6 is 0 Å². The third kappa shape index (κ3) is 4.25. The largest absolute Gasteiger partial charge is 0.354 e. The molecule has 29 heavy (non-hydrogen) atoms. The zero-order valence-corrected chi connectivity index (χ0v) is 18.2. The number of rotatable bonds is 3. The van der Waals surface area contributed by atoms with Crippen LogP contribution < -0.4 is 5.32 Å². The van der Waals surface area contributed by atoms with Gasteiger partial charge in [-0.15, -0.1) is 0 Å². The lowest BCUT2D eigenvalue weighted by Crippen LogP contribution is -2.26. The summed E-state index contributed by atoms with van der Waals surface area (Å²) < 4.78 is 0. The Kier molecular flexibility index (Phi) is 6.05. The minimum atomic E-state index is 0.448. The summed E-state index contributed by atoms with van der Waals surface area (Å²) in [5, 5.41) is 13.2. The lowest BCUT2D eigenvalue weighted by molar-refractivity contribution is 0.460. The molecule has 0 radical (unpaired) electrons. The Balaban J connectivity index is 1.82. The van der Waals surface area contributed by atoms with E-state index in [4.69, 9.17) is 5.41 Å². The van der Waals surface area contributed by atoms with Crippen LogP contribution in [0.25, 0.3) is 16.5 Å². The molecule has 1 aromatic carbocycles. The molecule has 0 saturated carbocycles. The maximum absolute atomic E-state index is 8.36. The normalized spacial score (nSPS) is 23.2.